The Bertz CT molecular complexity index is 1090. The van der Waals surface area contributed by atoms with Crippen molar-refractivity contribution in [3.63, 3.8) is 0 Å². The van der Waals surface area contributed by atoms with Gasteiger partial charge in [0.15, 0.2) is 11.6 Å². The van der Waals surface area contributed by atoms with E-state index >= 15 is 0 Å². The number of ether oxygens (including phenoxy) is 1. The molecule has 0 spiro atoms. The number of nitrogens with zero attached hydrogens (tertiary/aromatic N) is 2. The lowest BCUT2D eigenvalue weighted by Crippen LogP contribution is -2.24. The number of nitriles is 1. The summed E-state index contributed by atoms with van der Waals surface area (Å²) in [5.41, 5.74) is 0.445. The van der Waals surface area contributed by atoms with Crippen molar-refractivity contribution >= 4 is 40.7 Å². The van der Waals surface area contributed by atoms with Gasteiger partial charge < -0.3 is 10.1 Å². The molecule has 0 aliphatic heterocycles. The zero-order valence-corrected chi connectivity index (χ0v) is 16.2. The van der Waals surface area contributed by atoms with Crippen molar-refractivity contribution in [1.82, 2.24) is 15.5 Å². The number of halogens is 4. The molecule has 3 aromatic rings. The number of amides is 1. The first kappa shape index (κ1) is 20.0. The number of carbonyl (C=O) groups is 1. The summed E-state index contributed by atoms with van der Waals surface area (Å²) in [5, 5.41) is 18.0. The third kappa shape index (κ3) is 4.37. The maximum atomic E-state index is 14.9. The molecule has 0 aliphatic carbocycles. The fourth-order valence-electron chi connectivity index (χ4n) is 2.30. The molecule has 1 amide bonds. The van der Waals surface area contributed by atoms with Crippen LogP contribution in [0.25, 0.3) is 0 Å². The molecule has 3 rings (SSSR count). The Morgan fingerprint density at radius 2 is 2.04 bits per heavy atom. The van der Waals surface area contributed by atoms with Crippen LogP contribution in [0.15, 0.2) is 36.5 Å². The van der Waals surface area contributed by atoms with E-state index in [0.29, 0.717) is 0 Å². The minimum atomic E-state index is -0.762. The zero-order chi connectivity index (χ0) is 20.3. The van der Waals surface area contributed by atoms with Crippen molar-refractivity contribution in [2.45, 2.75) is 6.54 Å². The van der Waals surface area contributed by atoms with E-state index in [-0.39, 0.29) is 49.9 Å². The fraction of sp³-hybridized carbons (Fsp3) is 0.0556. The van der Waals surface area contributed by atoms with Gasteiger partial charge in [-0.3, -0.25) is 9.89 Å². The Balaban J connectivity index is 1.82. The van der Waals surface area contributed by atoms with Gasteiger partial charge in [-0.25, -0.2) is 4.39 Å². The predicted molar refractivity (Wildman–Crippen MR) is 102 cm³/mol. The molecule has 0 bridgehead atoms. The van der Waals surface area contributed by atoms with Crippen LogP contribution in [0.1, 0.15) is 21.6 Å². The van der Waals surface area contributed by atoms with Gasteiger partial charge in [0.05, 0.1) is 27.9 Å². The maximum absolute atomic E-state index is 14.9. The van der Waals surface area contributed by atoms with Crippen LogP contribution in [0.3, 0.4) is 0 Å². The van der Waals surface area contributed by atoms with Crippen molar-refractivity contribution in [2.75, 3.05) is 0 Å². The quantitative estimate of drug-likeness (QED) is 0.578. The summed E-state index contributed by atoms with van der Waals surface area (Å²) >= 11 is 17.8. The van der Waals surface area contributed by atoms with Gasteiger partial charge in [0, 0.05) is 17.1 Å². The van der Waals surface area contributed by atoms with Crippen molar-refractivity contribution < 1.29 is 13.9 Å². The summed E-state index contributed by atoms with van der Waals surface area (Å²) in [7, 11) is 0. The summed E-state index contributed by atoms with van der Waals surface area (Å²) in [6.45, 7) is -0.146. The van der Waals surface area contributed by atoms with Crippen LogP contribution >= 0.6 is 34.8 Å². The Hall–Kier alpha value is -2.79. The number of hydrogen-bond acceptors (Lipinski definition) is 4. The highest BCUT2D eigenvalue weighted by molar-refractivity contribution is 6.33. The van der Waals surface area contributed by atoms with E-state index in [1.807, 2.05) is 6.07 Å². The Morgan fingerprint density at radius 1 is 1.25 bits per heavy atom. The number of nitrogens with one attached hydrogen (secondary N) is 2. The summed E-state index contributed by atoms with van der Waals surface area (Å²) in [6, 6.07) is 9.04. The fourth-order valence-corrected chi connectivity index (χ4v) is 2.89. The van der Waals surface area contributed by atoms with Crippen LogP contribution in [-0.2, 0) is 6.54 Å². The topological polar surface area (TPSA) is 90.8 Å². The van der Waals surface area contributed by atoms with E-state index in [4.69, 9.17) is 44.8 Å². The number of H-pyrrole nitrogens is 1. The second-order valence-corrected chi connectivity index (χ2v) is 6.77. The van der Waals surface area contributed by atoms with E-state index in [1.165, 1.54) is 36.5 Å². The molecule has 142 valence electrons. The molecule has 2 N–H and O–H groups in total. The average molecular weight is 440 g/mol. The van der Waals surface area contributed by atoms with Gasteiger partial charge in [0.2, 0.25) is 0 Å². The highest BCUT2D eigenvalue weighted by atomic mass is 35.5. The molecule has 0 radical (unpaired) electrons. The highest BCUT2D eigenvalue weighted by Crippen LogP contribution is 2.35. The summed E-state index contributed by atoms with van der Waals surface area (Å²) in [5.74, 6) is -1.41. The molecule has 0 unspecified atom stereocenters. The number of benzene rings is 2. The first-order valence-corrected chi connectivity index (χ1v) is 8.85. The van der Waals surface area contributed by atoms with Crippen molar-refractivity contribution in [1.29, 1.82) is 5.26 Å². The number of aromatic nitrogens is 2. The van der Waals surface area contributed by atoms with Crippen LogP contribution in [0, 0.1) is 17.1 Å². The van der Waals surface area contributed by atoms with E-state index in [1.54, 1.807) is 0 Å². The minimum Gasteiger partial charge on any atom is -0.453 e. The summed E-state index contributed by atoms with van der Waals surface area (Å²) in [6.07, 6.45) is 1.28. The molecule has 0 saturated heterocycles. The molecular weight excluding hydrogens is 430 g/mol. The second-order valence-electron chi connectivity index (χ2n) is 5.51. The molecule has 1 aromatic heterocycles. The second kappa shape index (κ2) is 8.48. The maximum Gasteiger partial charge on any atom is 0.271 e. The largest absolute Gasteiger partial charge is 0.453 e. The Morgan fingerprint density at radius 3 is 2.71 bits per heavy atom. The summed E-state index contributed by atoms with van der Waals surface area (Å²) < 4.78 is 20.4. The van der Waals surface area contributed by atoms with Crippen molar-refractivity contribution in [2.24, 2.45) is 0 Å². The van der Waals surface area contributed by atoms with E-state index < -0.39 is 11.7 Å². The minimum absolute atomic E-state index is 0.0164. The van der Waals surface area contributed by atoms with Gasteiger partial charge in [0.1, 0.15) is 11.4 Å². The lowest BCUT2D eigenvalue weighted by Gasteiger charge is -2.13. The van der Waals surface area contributed by atoms with Gasteiger partial charge in [0.25, 0.3) is 5.91 Å². The normalized spacial score (nSPS) is 10.4. The van der Waals surface area contributed by atoms with Gasteiger partial charge in [-0.15, -0.1) is 0 Å². The van der Waals surface area contributed by atoms with Gasteiger partial charge in [-0.2, -0.15) is 10.4 Å². The molecule has 0 atom stereocenters. The highest BCUT2D eigenvalue weighted by Gasteiger charge is 2.18. The van der Waals surface area contributed by atoms with Crippen LogP contribution in [0.4, 0.5) is 4.39 Å². The molecule has 0 saturated carbocycles. The van der Waals surface area contributed by atoms with Gasteiger partial charge in [-0.1, -0.05) is 40.9 Å². The van der Waals surface area contributed by atoms with Crippen LogP contribution in [-0.4, -0.2) is 16.1 Å². The monoisotopic (exact) mass is 438 g/mol. The molecule has 6 nitrogen and oxygen atoms in total. The third-order valence-corrected chi connectivity index (χ3v) is 4.41. The molecule has 10 heteroatoms. The number of aromatic amines is 1. The Kier molecular flexibility index (Phi) is 6.05. The SMILES string of the molecule is N#Cc1cc(Cl)cc(Oc2c(Cl)ccc(CNC(=O)c3[nH]ncc3Cl)c2F)c1. The standard InChI is InChI=1S/C18H10Cl3FN4O2/c19-11-3-9(6-23)4-12(5-11)28-17-13(20)2-1-10(15(17)22)7-24-18(27)16-14(21)8-25-26-16/h1-5,8H,7H2,(H,24,27)(H,25,26). The predicted octanol–water partition coefficient (Wildman–Crippen LogP) is 5.10. The van der Waals surface area contributed by atoms with Crippen LogP contribution in [0.2, 0.25) is 15.1 Å². The molecular formula is C18H10Cl3FN4O2. The first-order chi connectivity index (χ1) is 13.4. The average Bonchev–Trinajstić information content (AvgIpc) is 3.09. The number of carbonyl (C=O) groups excluding carboxylic acids is 1. The van der Waals surface area contributed by atoms with Gasteiger partial charge >= 0.3 is 0 Å². The molecule has 0 fully saturated rings. The number of rotatable bonds is 5. The smallest absolute Gasteiger partial charge is 0.271 e. The zero-order valence-electron chi connectivity index (χ0n) is 13.9. The Labute approximate surface area is 173 Å². The lowest BCUT2D eigenvalue weighted by molar-refractivity contribution is 0.0945. The number of hydrogen-bond donors (Lipinski definition) is 2. The summed E-state index contributed by atoms with van der Waals surface area (Å²) in [4.78, 5) is 12.1. The van der Waals surface area contributed by atoms with E-state index in [9.17, 15) is 9.18 Å². The molecule has 28 heavy (non-hydrogen) atoms. The van der Waals surface area contributed by atoms with E-state index in [0.717, 1.165) is 0 Å². The molecule has 0 aliphatic rings. The van der Waals surface area contributed by atoms with Crippen molar-refractivity contribution in [3.8, 4) is 17.6 Å². The third-order valence-electron chi connectivity index (χ3n) is 3.61. The van der Waals surface area contributed by atoms with Crippen LogP contribution in [0.5, 0.6) is 11.5 Å². The molecule has 2 aromatic carbocycles. The first-order valence-electron chi connectivity index (χ1n) is 7.71. The van der Waals surface area contributed by atoms with Crippen molar-refractivity contribution in [3.05, 3.63) is 74.2 Å². The van der Waals surface area contributed by atoms with Crippen LogP contribution < -0.4 is 10.1 Å². The van der Waals surface area contributed by atoms with Gasteiger partial charge in [-0.05, 0) is 24.3 Å². The molecule has 1 heterocycles. The lowest BCUT2D eigenvalue weighted by atomic mass is 10.2. The van der Waals surface area contributed by atoms with E-state index in [2.05, 4.69) is 15.5 Å².